The van der Waals surface area contributed by atoms with E-state index in [0.29, 0.717) is 18.5 Å². The highest BCUT2D eigenvalue weighted by molar-refractivity contribution is 5.92. The van der Waals surface area contributed by atoms with Crippen molar-refractivity contribution in [3.63, 3.8) is 0 Å². The molecule has 2 heterocycles. The number of carbonyl (C=O) groups excluding carboxylic acids is 3. The molecule has 0 spiro atoms. The van der Waals surface area contributed by atoms with Crippen molar-refractivity contribution in [2.75, 3.05) is 13.7 Å². The number of halogens is 1. The number of nitrogens with two attached hydrogens (primary N) is 1. The summed E-state index contributed by atoms with van der Waals surface area (Å²) in [4.78, 5) is 38.4. The lowest BCUT2D eigenvalue weighted by atomic mass is 9.85. The number of aromatic nitrogens is 1. The monoisotopic (exact) mass is 447 g/mol. The molecule has 2 atom stereocenters. The van der Waals surface area contributed by atoms with Gasteiger partial charge in [-0.1, -0.05) is 30.3 Å². The molecule has 1 aliphatic heterocycles. The number of likely N-dealkylation sites (tertiary alicyclic amines) is 1. The molecule has 1 saturated heterocycles. The molecular weight excluding hydrogens is 422 g/mol. The number of pyridine rings is 1. The summed E-state index contributed by atoms with van der Waals surface area (Å²) in [7, 11) is 1.35. The maximum Gasteiger partial charge on any atom is 0.414 e. The van der Waals surface area contributed by atoms with Gasteiger partial charge >= 0.3 is 12.1 Å². The van der Waals surface area contributed by atoms with Gasteiger partial charge in [0.1, 0.15) is 11.5 Å². The van der Waals surface area contributed by atoms with E-state index in [-0.39, 0.29) is 31.1 Å². The average Bonchev–Trinajstić information content (AvgIpc) is 2.78. The lowest BCUT2D eigenvalue weighted by molar-refractivity contribution is -0.727. The molecule has 2 aromatic rings. The minimum Gasteiger partial charge on any atom is -1.00 e. The Morgan fingerprint density at radius 2 is 1.90 bits per heavy atom. The highest BCUT2D eigenvalue weighted by Crippen LogP contribution is 2.32. The standard InChI is InChI=1S/C22H25N3O5.ClH/c1-29-21(27)19(16-8-3-2-4-9-16)18-11-5-6-13-25(18)22(28)30-15-24-12-7-10-17(14-24)20(23)26;/h2-4,7-10,12,14,18-19H,5-6,11,13,15H2,1H3,(H-,23,26);1H. The first-order valence-corrected chi connectivity index (χ1v) is 9.86. The van der Waals surface area contributed by atoms with Gasteiger partial charge in [0.2, 0.25) is 0 Å². The highest BCUT2D eigenvalue weighted by Gasteiger charge is 2.39. The van der Waals surface area contributed by atoms with Gasteiger partial charge < -0.3 is 32.5 Å². The number of ether oxygens (including phenoxy) is 2. The molecule has 0 aliphatic carbocycles. The van der Waals surface area contributed by atoms with Crippen LogP contribution >= 0.6 is 0 Å². The number of benzene rings is 1. The van der Waals surface area contributed by atoms with Gasteiger partial charge in [0, 0.05) is 12.6 Å². The quantitative estimate of drug-likeness (QED) is 0.451. The molecule has 0 bridgehead atoms. The Labute approximate surface area is 187 Å². The fourth-order valence-corrected chi connectivity index (χ4v) is 3.79. The van der Waals surface area contributed by atoms with E-state index < -0.39 is 17.9 Å². The van der Waals surface area contributed by atoms with Crippen molar-refractivity contribution in [3.8, 4) is 0 Å². The van der Waals surface area contributed by atoms with E-state index in [1.165, 1.54) is 13.3 Å². The fraction of sp³-hybridized carbons (Fsp3) is 0.364. The summed E-state index contributed by atoms with van der Waals surface area (Å²) in [6.07, 6.45) is 5.09. The van der Waals surface area contributed by atoms with Crippen LogP contribution < -0.4 is 22.7 Å². The lowest BCUT2D eigenvalue weighted by Gasteiger charge is -2.38. The van der Waals surface area contributed by atoms with Crippen LogP contribution in [0.2, 0.25) is 0 Å². The summed E-state index contributed by atoms with van der Waals surface area (Å²) in [5.41, 5.74) is 6.41. The van der Waals surface area contributed by atoms with Crippen molar-refractivity contribution in [2.24, 2.45) is 5.73 Å². The van der Waals surface area contributed by atoms with Crippen molar-refractivity contribution >= 4 is 18.0 Å². The first kappa shape index (κ1) is 24.1. The van der Waals surface area contributed by atoms with Gasteiger partial charge in [-0.25, -0.2) is 4.79 Å². The molecule has 31 heavy (non-hydrogen) atoms. The first-order chi connectivity index (χ1) is 14.5. The SMILES string of the molecule is COC(=O)C(c1ccccc1)C1CCCCN1C(=O)OC[n+]1cccc(C(N)=O)c1.[Cl-]. The van der Waals surface area contributed by atoms with Crippen LogP contribution in [0.1, 0.15) is 41.1 Å². The Balaban J connectivity index is 0.00000341. The van der Waals surface area contributed by atoms with Gasteiger partial charge in [-0.2, -0.15) is 4.57 Å². The first-order valence-electron chi connectivity index (χ1n) is 9.86. The summed E-state index contributed by atoms with van der Waals surface area (Å²) < 4.78 is 12.1. The Hall–Kier alpha value is -3.13. The van der Waals surface area contributed by atoms with Crippen LogP contribution in [0.4, 0.5) is 4.79 Å². The van der Waals surface area contributed by atoms with Gasteiger partial charge in [-0.05, 0) is 30.9 Å². The Morgan fingerprint density at radius 1 is 1.16 bits per heavy atom. The molecule has 8 nitrogen and oxygen atoms in total. The number of methoxy groups -OCH3 is 1. The molecule has 1 aromatic carbocycles. The highest BCUT2D eigenvalue weighted by atomic mass is 35.5. The van der Waals surface area contributed by atoms with Crippen molar-refractivity contribution in [3.05, 3.63) is 66.0 Å². The van der Waals surface area contributed by atoms with Crippen LogP contribution in [0, 0.1) is 0 Å². The zero-order valence-electron chi connectivity index (χ0n) is 17.3. The summed E-state index contributed by atoms with van der Waals surface area (Å²) in [6, 6.07) is 12.2. The number of primary amides is 1. The molecule has 3 rings (SSSR count). The van der Waals surface area contributed by atoms with Crippen LogP contribution in [0.3, 0.4) is 0 Å². The second-order valence-corrected chi connectivity index (χ2v) is 7.18. The topological polar surface area (TPSA) is 103 Å². The van der Waals surface area contributed by atoms with Crippen molar-refractivity contribution in [1.29, 1.82) is 0 Å². The van der Waals surface area contributed by atoms with Crippen LogP contribution in [-0.2, 0) is 21.0 Å². The van der Waals surface area contributed by atoms with Crippen LogP contribution in [-0.4, -0.2) is 42.6 Å². The van der Waals surface area contributed by atoms with Gasteiger partial charge in [-0.15, -0.1) is 0 Å². The van der Waals surface area contributed by atoms with Crippen molar-refractivity contribution in [1.82, 2.24) is 4.90 Å². The van der Waals surface area contributed by atoms with Crippen LogP contribution in [0.15, 0.2) is 54.9 Å². The van der Waals surface area contributed by atoms with Crippen LogP contribution in [0.25, 0.3) is 0 Å². The normalized spacial score (nSPS) is 16.5. The number of esters is 1. The third-order valence-corrected chi connectivity index (χ3v) is 5.26. The lowest BCUT2D eigenvalue weighted by Crippen LogP contribution is -3.00. The Kier molecular flexibility index (Phi) is 8.81. The van der Waals surface area contributed by atoms with Gasteiger partial charge in [0.25, 0.3) is 12.6 Å². The molecule has 9 heteroatoms. The van der Waals surface area contributed by atoms with E-state index in [1.54, 1.807) is 27.8 Å². The third kappa shape index (κ3) is 5.95. The summed E-state index contributed by atoms with van der Waals surface area (Å²) >= 11 is 0. The Bertz CT molecular complexity index is 909. The molecule has 2 amide bonds. The molecular formula is C22H26ClN3O5. The van der Waals surface area contributed by atoms with Gasteiger partial charge in [0.15, 0.2) is 12.4 Å². The minimum absolute atomic E-state index is 0. The molecule has 1 aliphatic rings. The number of hydrogen-bond acceptors (Lipinski definition) is 5. The summed E-state index contributed by atoms with van der Waals surface area (Å²) in [5, 5.41) is 0. The van der Waals surface area contributed by atoms with E-state index in [0.717, 1.165) is 18.4 Å². The second kappa shape index (κ2) is 11.3. The zero-order chi connectivity index (χ0) is 21.5. The average molecular weight is 448 g/mol. The number of amides is 2. The minimum atomic E-state index is -0.588. The third-order valence-electron chi connectivity index (χ3n) is 5.26. The molecule has 166 valence electrons. The molecule has 2 N–H and O–H groups in total. The summed E-state index contributed by atoms with van der Waals surface area (Å²) in [6.45, 7) is 0.424. The number of piperidine rings is 1. The van der Waals surface area contributed by atoms with Crippen molar-refractivity contribution in [2.45, 2.75) is 38.0 Å². The Morgan fingerprint density at radius 3 is 2.58 bits per heavy atom. The van der Waals surface area contributed by atoms with Gasteiger partial charge in [0.05, 0.1) is 13.2 Å². The smallest absolute Gasteiger partial charge is 0.414 e. The number of carbonyl (C=O) groups is 3. The van der Waals surface area contributed by atoms with Gasteiger partial charge in [-0.3, -0.25) is 9.59 Å². The largest absolute Gasteiger partial charge is 1.00 e. The van der Waals surface area contributed by atoms with E-state index in [2.05, 4.69) is 0 Å². The molecule has 0 radical (unpaired) electrons. The summed E-state index contributed by atoms with van der Waals surface area (Å²) in [5.74, 6) is -1.53. The number of nitrogens with zero attached hydrogens (tertiary/aromatic N) is 2. The van der Waals surface area contributed by atoms with E-state index >= 15 is 0 Å². The van der Waals surface area contributed by atoms with Crippen molar-refractivity contribution < 1.29 is 40.8 Å². The molecule has 1 aromatic heterocycles. The van der Waals surface area contributed by atoms with E-state index in [9.17, 15) is 14.4 Å². The zero-order valence-corrected chi connectivity index (χ0v) is 18.0. The predicted octanol–water partition coefficient (Wildman–Crippen LogP) is -1.02. The maximum absolute atomic E-state index is 12.9. The fourth-order valence-electron chi connectivity index (χ4n) is 3.79. The van der Waals surface area contributed by atoms with E-state index in [4.69, 9.17) is 15.2 Å². The predicted molar refractivity (Wildman–Crippen MR) is 107 cm³/mol. The second-order valence-electron chi connectivity index (χ2n) is 7.18. The molecule has 0 saturated carbocycles. The van der Waals surface area contributed by atoms with E-state index in [1.807, 2.05) is 30.3 Å². The number of hydrogen-bond donors (Lipinski definition) is 1. The molecule has 1 fully saturated rings. The molecule has 2 unspecified atom stereocenters. The number of rotatable bonds is 6. The van der Waals surface area contributed by atoms with Crippen LogP contribution in [0.5, 0.6) is 0 Å². The maximum atomic E-state index is 12.9.